The number of halogens is 4. The lowest BCUT2D eigenvalue weighted by Gasteiger charge is -2.14. The molecule has 1 aromatic rings. The molecule has 1 aromatic carbocycles. The Labute approximate surface area is 105 Å². The number of carbonyl (C=O) groups is 1. The number of ether oxygens (including phenoxy) is 1. The summed E-state index contributed by atoms with van der Waals surface area (Å²) in [5, 5.41) is 8.53. The molecule has 0 spiro atoms. The van der Waals surface area contributed by atoms with Crippen molar-refractivity contribution in [3.63, 3.8) is 0 Å². The highest BCUT2D eigenvalue weighted by molar-refractivity contribution is 6.30. The van der Waals surface area contributed by atoms with Gasteiger partial charge >= 0.3 is 12.3 Å². The molecule has 0 aliphatic heterocycles. The first kappa shape index (κ1) is 14.6. The molecule has 8 heteroatoms. The maximum absolute atomic E-state index is 12.0. The number of carboxylic acids is 1. The van der Waals surface area contributed by atoms with Crippen molar-refractivity contribution in [2.75, 3.05) is 0 Å². The summed E-state index contributed by atoms with van der Waals surface area (Å²) >= 11 is 5.61. The molecule has 0 aliphatic carbocycles. The minimum atomic E-state index is -4.85. The second-order valence-electron chi connectivity index (χ2n) is 3.47. The van der Waals surface area contributed by atoms with Gasteiger partial charge in [-0.2, -0.15) is 0 Å². The Morgan fingerprint density at radius 3 is 2.56 bits per heavy atom. The summed E-state index contributed by atoms with van der Waals surface area (Å²) < 4.78 is 39.8. The summed E-state index contributed by atoms with van der Waals surface area (Å²) in [7, 11) is 0. The number of benzene rings is 1. The van der Waals surface area contributed by atoms with Crippen LogP contribution in [0.2, 0.25) is 5.02 Å². The van der Waals surface area contributed by atoms with E-state index in [-0.39, 0.29) is 10.6 Å². The van der Waals surface area contributed by atoms with Gasteiger partial charge in [-0.25, -0.2) is 0 Å². The van der Waals surface area contributed by atoms with Crippen molar-refractivity contribution < 1.29 is 27.8 Å². The molecular weight excluding hydrogens is 275 g/mol. The second-order valence-corrected chi connectivity index (χ2v) is 3.91. The molecular formula is C10H9ClF3NO3. The van der Waals surface area contributed by atoms with E-state index >= 15 is 0 Å². The molecule has 1 rings (SSSR count). The van der Waals surface area contributed by atoms with E-state index in [0.29, 0.717) is 0 Å². The second kappa shape index (κ2) is 5.45. The Kier molecular flexibility index (Phi) is 4.42. The minimum absolute atomic E-state index is 0.0208. The van der Waals surface area contributed by atoms with Gasteiger partial charge in [0.1, 0.15) is 5.75 Å². The van der Waals surface area contributed by atoms with Crippen LogP contribution < -0.4 is 10.5 Å². The summed E-state index contributed by atoms with van der Waals surface area (Å²) in [4.78, 5) is 10.5. The minimum Gasteiger partial charge on any atom is -0.481 e. The van der Waals surface area contributed by atoms with Crippen LogP contribution in [0.25, 0.3) is 0 Å². The van der Waals surface area contributed by atoms with Gasteiger partial charge < -0.3 is 15.6 Å². The Hall–Kier alpha value is -1.47. The van der Waals surface area contributed by atoms with Crippen molar-refractivity contribution in [3.05, 3.63) is 28.8 Å². The Bertz CT molecular complexity index is 450. The van der Waals surface area contributed by atoms with E-state index in [9.17, 15) is 18.0 Å². The van der Waals surface area contributed by atoms with Gasteiger partial charge in [0.15, 0.2) is 0 Å². The zero-order chi connectivity index (χ0) is 13.9. The maximum Gasteiger partial charge on any atom is 0.573 e. The van der Waals surface area contributed by atoms with E-state index in [1.807, 2.05) is 0 Å². The third kappa shape index (κ3) is 4.80. The van der Waals surface area contributed by atoms with Crippen LogP contribution in [0.4, 0.5) is 13.2 Å². The van der Waals surface area contributed by atoms with E-state index in [1.54, 1.807) is 0 Å². The number of rotatable bonds is 4. The molecule has 0 saturated heterocycles. The van der Waals surface area contributed by atoms with Crippen molar-refractivity contribution in [2.24, 2.45) is 5.73 Å². The fourth-order valence-electron chi connectivity index (χ4n) is 1.30. The highest BCUT2D eigenvalue weighted by atomic mass is 35.5. The zero-order valence-electron chi connectivity index (χ0n) is 8.87. The van der Waals surface area contributed by atoms with Crippen LogP contribution in [0.15, 0.2) is 18.2 Å². The SMILES string of the molecule is NC(CC(=O)O)c1cc(Cl)cc(OC(F)(F)F)c1. The molecule has 0 radical (unpaired) electrons. The largest absolute Gasteiger partial charge is 0.573 e. The third-order valence-electron chi connectivity index (χ3n) is 1.95. The summed E-state index contributed by atoms with van der Waals surface area (Å²) in [5.74, 6) is -1.70. The van der Waals surface area contributed by atoms with Gasteiger partial charge in [-0.3, -0.25) is 4.79 Å². The Morgan fingerprint density at radius 2 is 2.06 bits per heavy atom. The van der Waals surface area contributed by atoms with E-state index < -0.39 is 30.5 Å². The van der Waals surface area contributed by atoms with Gasteiger partial charge in [0.25, 0.3) is 0 Å². The van der Waals surface area contributed by atoms with Crippen LogP contribution in [0.1, 0.15) is 18.0 Å². The summed E-state index contributed by atoms with van der Waals surface area (Å²) in [5.41, 5.74) is 5.68. The van der Waals surface area contributed by atoms with Crippen LogP contribution in [0, 0.1) is 0 Å². The van der Waals surface area contributed by atoms with E-state index in [2.05, 4.69) is 4.74 Å². The molecule has 0 fully saturated rings. The topological polar surface area (TPSA) is 72.6 Å². The van der Waals surface area contributed by atoms with Crippen molar-refractivity contribution in [1.82, 2.24) is 0 Å². The molecule has 0 saturated carbocycles. The van der Waals surface area contributed by atoms with Crippen molar-refractivity contribution in [2.45, 2.75) is 18.8 Å². The summed E-state index contributed by atoms with van der Waals surface area (Å²) in [6.07, 6.45) is -5.27. The molecule has 0 aliphatic rings. The van der Waals surface area contributed by atoms with E-state index in [1.165, 1.54) is 6.07 Å². The smallest absolute Gasteiger partial charge is 0.481 e. The van der Waals surface area contributed by atoms with Crippen molar-refractivity contribution >= 4 is 17.6 Å². The van der Waals surface area contributed by atoms with Gasteiger partial charge in [0, 0.05) is 11.1 Å². The number of hydrogen-bond acceptors (Lipinski definition) is 3. The zero-order valence-corrected chi connectivity index (χ0v) is 9.63. The maximum atomic E-state index is 12.0. The number of nitrogens with two attached hydrogens (primary N) is 1. The van der Waals surface area contributed by atoms with E-state index in [0.717, 1.165) is 12.1 Å². The van der Waals surface area contributed by atoms with E-state index in [4.69, 9.17) is 22.4 Å². The average Bonchev–Trinajstić information content (AvgIpc) is 2.12. The first-order valence-electron chi connectivity index (χ1n) is 4.71. The first-order valence-corrected chi connectivity index (χ1v) is 5.09. The number of aliphatic carboxylic acids is 1. The molecule has 4 nitrogen and oxygen atoms in total. The number of carboxylic acid groups (broad SMARTS) is 1. The molecule has 3 N–H and O–H groups in total. The molecule has 0 amide bonds. The van der Waals surface area contributed by atoms with Crippen molar-refractivity contribution in [3.8, 4) is 5.75 Å². The van der Waals surface area contributed by atoms with Gasteiger partial charge in [0.05, 0.1) is 6.42 Å². The number of alkyl halides is 3. The first-order chi connectivity index (χ1) is 8.17. The van der Waals surface area contributed by atoms with Crippen LogP contribution >= 0.6 is 11.6 Å². The fraction of sp³-hybridized carbons (Fsp3) is 0.300. The van der Waals surface area contributed by atoms with Crippen LogP contribution in [0.5, 0.6) is 5.75 Å². The summed E-state index contributed by atoms with van der Waals surface area (Å²) in [6, 6.07) is 2.30. The molecule has 0 heterocycles. The highest BCUT2D eigenvalue weighted by Gasteiger charge is 2.31. The van der Waals surface area contributed by atoms with Crippen molar-refractivity contribution in [1.29, 1.82) is 0 Å². The monoisotopic (exact) mass is 283 g/mol. The van der Waals surface area contributed by atoms with Crippen LogP contribution in [-0.2, 0) is 4.79 Å². The molecule has 18 heavy (non-hydrogen) atoms. The quantitative estimate of drug-likeness (QED) is 0.891. The lowest BCUT2D eigenvalue weighted by molar-refractivity contribution is -0.274. The van der Waals surface area contributed by atoms with Crippen LogP contribution in [0.3, 0.4) is 0 Å². The number of hydrogen-bond donors (Lipinski definition) is 2. The van der Waals surface area contributed by atoms with Gasteiger partial charge in [-0.15, -0.1) is 13.2 Å². The molecule has 100 valence electrons. The van der Waals surface area contributed by atoms with Gasteiger partial charge in [0.2, 0.25) is 0 Å². The normalized spacial score (nSPS) is 13.2. The fourth-order valence-corrected chi connectivity index (χ4v) is 1.53. The average molecular weight is 284 g/mol. The Morgan fingerprint density at radius 1 is 1.44 bits per heavy atom. The third-order valence-corrected chi connectivity index (χ3v) is 2.17. The lowest BCUT2D eigenvalue weighted by atomic mass is 10.0. The molecule has 0 bridgehead atoms. The molecule has 1 atom stereocenters. The van der Waals surface area contributed by atoms with Gasteiger partial charge in [-0.1, -0.05) is 11.6 Å². The molecule has 0 aromatic heterocycles. The Balaban J connectivity index is 2.97. The lowest BCUT2D eigenvalue weighted by Crippen LogP contribution is -2.18. The highest BCUT2D eigenvalue weighted by Crippen LogP contribution is 2.29. The van der Waals surface area contributed by atoms with Crippen LogP contribution in [-0.4, -0.2) is 17.4 Å². The molecule has 1 unspecified atom stereocenters. The predicted molar refractivity (Wildman–Crippen MR) is 57.3 cm³/mol. The van der Waals surface area contributed by atoms with Gasteiger partial charge in [-0.05, 0) is 23.8 Å². The summed E-state index contributed by atoms with van der Waals surface area (Å²) in [6.45, 7) is 0. The predicted octanol–water partition coefficient (Wildman–Crippen LogP) is 2.71. The standard InChI is InChI=1S/C10H9ClF3NO3/c11-6-1-5(8(15)4-9(16)17)2-7(3-6)18-10(12,13)14/h1-3,8H,4,15H2,(H,16,17).